The Bertz CT molecular complexity index is 1330. The number of hydrogen-bond acceptors (Lipinski definition) is 4. The summed E-state index contributed by atoms with van der Waals surface area (Å²) in [6, 6.07) is 23.3. The van der Waals surface area contributed by atoms with E-state index >= 15 is 0 Å². The van der Waals surface area contributed by atoms with Gasteiger partial charge in [-0.2, -0.15) is 0 Å². The van der Waals surface area contributed by atoms with E-state index in [4.69, 9.17) is 23.8 Å². The Morgan fingerprint density at radius 1 is 1.00 bits per heavy atom. The van der Waals surface area contributed by atoms with E-state index in [1.807, 2.05) is 76.3 Å². The average molecular weight is 476 g/mol. The van der Waals surface area contributed by atoms with Crippen molar-refractivity contribution in [3.63, 3.8) is 0 Å². The highest BCUT2D eigenvalue weighted by atomic mass is 35.5. The number of nitrogens with one attached hydrogen (secondary N) is 1. The molecule has 7 nitrogen and oxygen atoms in total. The number of nitrogens with zero attached hydrogens (tertiary/aromatic N) is 4. The van der Waals surface area contributed by atoms with Crippen LogP contribution in [0, 0.1) is 10.1 Å². The Hall–Kier alpha value is -3.75. The van der Waals surface area contributed by atoms with E-state index in [1.54, 1.807) is 18.3 Å². The lowest BCUT2D eigenvalue weighted by atomic mass is 10.0. The van der Waals surface area contributed by atoms with Gasteiger partial charge >= 0.3 is 0 Å². The lowest BCUT2D eigenvalue weighted by Gasteiger charge is -2.29. The Morgan fingerprint density at radius 2 is 1.82 bits per heavy atom. The van der Waals surface area contributed by atoms with Gasteiger partial charge in [0.25, 0.3) is 5.69 Å². The molecule has 3 heterocycles. The van der Waals surface area contributed by atoms with Crippen LogP contribution in [0.1, 0.15) is 23.5 Å². The molecule has 33 heavy (non-hydrogen) atoms. The summed E-state index contributed by atoms with van der Waals surface area (Å²) in [6.45, 7) is 0. The lowest BCUT2D eigenvalue weighted by Crippen LogP contribution is -2.30. The first-order valence-corrected chi connectivity index (χ1v) is 11.0. The molecule has 2 atom stereocenters. The molecule has 0 saturated carbocycles. The Morgan fingerprint density at radius 3 is 2.55 bits per heavy atom. The number of anilines is 1. The number of halogens is 1. The second-order valence-electron chi connectivity index (χ2n) is 7.55. The third-order valence-corrected chi connectivity index (χ3v) is 6.17. The van der Waals surface area contributed by atoms with Crippen LogP contribution in [-0.2, 0) is 0 Å². The van der Waals surface area contributed by atoms with Crippen molar-refractivity contribution >= 4 is 40.3 Å². The topological polar surface area (TPSA) is 76.2 Å². The number of hydrogen-bond donors (Lipinski definition) is 1. The minimum atomic E-state index is -0.393. The van der Waals surface area contributed by atoms with E-state index in [0.29, 0.717) is 15.8 Å². The number of rotatable bonds is 5. The maximum Gasteiger partial charge on any atom is 0.271 e. The van der Waals surface area contributed by atoms with Gasteiger partial charge in [0.1, 0.15) is 6.04 Å². The van der Waals surface area contributed by atoms with E-state index in [1.165, 1.54) is 6.07 Å². The molecule has 1 aliphatic heterocycles. The summed E-state index contributed by atoms with van der Waals surface area (Å²) >= 11 is 11.9. The zero-order valence-electron chi connectivity index (χ0n) is 17.2. The minimum absolute atomic E-state index is 0.0306. The summed E-state index contributed by atoms with van der Waals surface area (Å²) in [5.74, 6) is 0. The third-order valence-electron chi connectivity index (χ3n) is 5.60. The number of nitro benzene ring substituents is 1. The molecule has 0 spiro atoms. The molecule has 1 N–H and O–H groups in total. The maximum absolute atomic E-state index is 11.4. The van der Waals surface area contributed by atoms with Gasteiger partial charge in [-0.1, -0.05) is 23.7 Å². The minimum Gasteiger partial charge on any atom is -0.351 e. The summed E-state index contributed by atoms with van der Waals surface area (Å²) in [5.41, 5.74) is 3.36. The van der Waals surface area contributed by atoms with Gasteiger partial charge in [0.2, 0.25) is 0 Å². The number of benzene rings is 2. The molecule has 1 aliphatic rings. The fraction of sp³-hybridized carbons (Fsp3) is 0.0833. The first-order chi connectivity index (χ1) is 16.0. The molecule has 1 fully saturated rings. The summed E-state index contributed by atoms with van der Waals surface area (Å²) in [5, 5.41) is 16.0. The van der Waals surface area contributed by atoms with E-state index in [-0.39, 0.29) is 17.8 Å². The van der Waals surface area contributed by atoms with Crippen molar-refractivity contribution in [1.82, 2.24) is 14.9 Å². The van der Waals surface area contributed by atoms with Crippen molar-refractivity contribution in [2.45, 2.75) is 12.1 Å². The molecular formula is C24H18ClN5O2S. The van der Waals surface area contributed by atoms with E-state index in [0.717, 1.165) is 17.1 Å². The highest BCUT2D eigenvalue weighted by Gasteiger charge is 2.42. The fourth-order valence-electron chi connectivity index (χ4n) is 4.16. The van der Waals surface area contributed by atoms with Crippen molar-refractivity contribution in [3.8, 4) is 5.69 Å². The molecular weight excluding hydrogens is 458 g/mol. The van der Waals surface area contributed by atoms with Gasteiger partial charge in [-0.05, 0) is 66.8 Å². The number of non-ortho nitro benzene ring substituents is 1. The SMILES string of the molecule is O=[N+]([O-])c1cccc(-n2cccc2[C@H]2[C@@H](c3ccccn3)NC(=S)N2c2ccc(Cl)cc2)c1. The Labute approximate surface area is 200 Å². The molecule has 1 saturated heterocycles. The van der Waals surface area contributed by atoms with Crippen LogP contribution in [0.15, 0.2) is 91.3 Å². The molecule has 2 aromatic carbocycles. The first kappa shape index (κ1) is 21.1. The molecule has 4 aromatic rings. The van der Waals surface area contributed by atoms with Crippen LogP contribution >= 0.6 is 23.8 Å². The van der Waals surface area contributed by atoms with Crippen molar-refractivity contribution in [2.75, 3.05) is 4.90 Å². The van der Waals surface area contributed by atoms with Crippen molar-refractivity contribution in [1.29, 1.82) is 0 Å². The first-order valence-electron chi connectivity index (χ1n) is 10.2. The van der Waals surface area contributed by atoms with Gasteiger partial charge in [0.05, 0.1) is 22.3 Å². The average Bonchev–Trinajstić information content (AvgIpc) is 3.44. The summed E-state index contributed by atoms with van der Waals surface area (Å²) < 4.78 is 1.95. The third kappa shape index (κ3) is 3.94. The quantitative estimate of drug-likeness (QED) is 0.229. The monoisotopic (exact) mass is 475 g/mol. The largest absolute Gasteiger partial charge is 0.351 e. The number of nitro groups is 1. The molecule has 164 valence electrons. The van der Waals surface area contributed by atoms with Crippen molar-refractivity contribution in [3.05, 3.63) is 118 Å². The summed E-state index contributed by atoms with van der Waals surface area (Å²) in [4.78, 5) is 17.6. The van der Waals surface area contributed by atoms with Crippen LogP contribution in [-0.4, -0.2) is 19.6 Å². The van der Waals surface area contributed by atoms with Gasteiger partial charge in [-0.15, -0.1) is 0 Å². The standard InChI is InChI=1S/C24H18ClN5O2S/c25-16-9-11-17(12-10-16)29-23(22(27-24(29)33)20-7-1-2-13-26-20)21-8-4-14-28(21)18-5-3-6-19(15-18)30(31)32/h1-15,22-23H,(H,27,33)/t22-,23+/m1/s1. The second-order valence-corrected chi connectivity index (χ2v) is 8.38. The number of aromatic nitrogens is 2. The lowest BCUT2D eigenvalue weighted by molar-refractivity contribution is -0.384. The molecule has 0 amide bonds. The maximum atomic E-state index is 11.4. The number of thiocarbonyl (C=S) groups is 1. The van der Waals surface area contributed by atoms with Crippen molar-refractivity contribution < 1.29 is 4.92 Å². The molecule has 0 radical (unpaired) electrons. The molecule has 5 rings (SSSR count). The molecule has 0 unspecified atom stereocenters. The van der Waals surface area contributed by atoms with Gasteiger partial charge in [0.15, 0.2) is 5.11 Å². The van der Waals surface area contributed by atoms with E-state index in [2.05, 4.69) is 10.3 Å². The predicted molar refractivity (Wildman–Crippen MR) is 132 cm³/mol. The van der Waals surface area contributed by atoms with E-state index in [9.17, 15) is 10.1 Å². The van der Waals surface area contributed by atoms with Gasteiger partial charge in [-0.25, -0.2) is 0 Å². The van der Waals surface area contributed by atoms with Crippen LogP contribution in [0.3, 0.4) is 0 Å². The molecule has 9 heteroatoms. The molecule has 2 aromatic heterocycles. The van der Waals surface area contributed by atoms with Gasteiger partial charge in [-0.3, -0.25) is 15.1 Å². The Kier molecular flexibility index (Phi) is 5.53. The van der Waals surface area contributed by atoms with Crippen molar-refractivity contribution in [2.24, 2.45) is 0 Å². The fourth-order valence-corrected chi connectivity index (χ4v) is 4.63. The predicted octanol–water partition coefficient (Wildman–Crippen LogP) is 5.61. The molecule has 0 bridgehead atoms. The summed E-state index contributed by atoms with van der Waals surface area (Å²) in [7, 11) is 0. The number of pyridine rings is 1. The van der Waals surface area contributed by atoms with Crippen LogP contribution < -0.4 is 10.2 Å². The zero-order valence-corrected chi connectivity index (χ0v) is 18.8. The van der Waals surface area contributed by atoms with Crippen LogP contribution in [0.4, 0.5) is 11.4 Å². The zero-order chi connectivity index (χ0) is 22.9. The highest BCUT2D eigenvalue weighted by molar-refractivity contribution is 7.80. The second kappa shape index (κ2) is 8.65. The van der Waals surface area contributed by atoms with Gasteiger partial charge in [0, 0.05) is 40.9 Å². The van der Waals surface area contributed by atoms with E-state index < -0.39 is 4.92 Å². The van der Waals surface area contributed by atoms with Crippen LogP contribution in [0.5, 0.6) is 0 Å². The van der Waals surface area contributed by atoms with Crippen LogP contribution in [0.25, 0.3) is 5.69 Å². The molecule has 0 aliphatic carbocycles. The smallest absolute Gasteiger partial charge is 0.271 e. The normalized spacial score (nSPS) is 17.7. The van der Waals surface area contributed by atoms with Crippen LogP contribution in [0.2, 0.25) is 5.02 Å². The van der Waals surface area contributed by atoms with Gasteiger partial charge < -0.3 is 14.8 Å². The summed E-state index contributed by atoms with van der Waals surface area (Å²) in [6.07, 6.45) is 3.65. The highest BCUT2D eigenvalue weighted by Crippen LogP contribution is 2.42. The Balaban J connectivity index is 1.66.